The molecule has 1 aromatic carbocycles. The molecule has 0 aliphatic heterocycles. The third-order valence-corrected chi connectivity index (χ3v) is 4.00. The first kappa shape index (κ1) is 14.6. The summed E-state index contributed by atoms with van der Waals surface area (Å²) >= 11 is 0. The van der Waals surface area contributed by atoms with Gasteiger partial charge in [-0.2, -0.15) is 5.10 Å². The van der Waals surface area contributed by atoms with Crippen molar-refractivity contribution in [3.05, 3.63) is 42.6 Å². The van der Waals surface area contributed by atoms with Gasteiger partial charge in [0, 0.05) is 11.3 Å². The Morgan fingerprint density at radius 2 is 2.17 bits per heavy atom. The van der Waals surface area contributed by atoms with E-state index >= 15 is 0 Å². The lowest BCUT2D eigenvalue weighted by atomic mass is 10.1. The quantitative estimate of drug-likeness (QED) is 0.767. The monoisotopic (exact) mass is 324 g/mol. The van der Waals surface area contributed by atoms with Gasteiger partial charge in [0.2, 0.25) is 0 Å². The number of anilines is 2. The lowest BCUT2D eigenvalue weighted by Gasteiger charge is -2.08. The van der Waals surface area contributed by atoms with Gasteiger partial charge in [0.1, 0.15) is 23.7 Å². The van der Waals surface area contributed by atoms with E-state index < -0.39 is 0 Å². The number of halogens is 1. The van der Waals surface area contributed by atoms with Crippen molar-refractivity contribution >= 4 is 22.5 Å². The molecule has 0 unspecified atom stereocenters. The zero-order valence-corrected chi connectivity index (χ0v) is 13.3. The van der Waals surface area contributed by atoms with E-state index in [4.69, 9.17) is 5.73 Å². The molecule has 2 heterocycles. The van der Waals surface area contributed by atoms with E-state index in [1.165, 1.54) is 12.4 Å². The van der Waals surface area contributed by atoms with Crippen LogP contribution in [0.4, 0.5) is 15.9 Å². The number of nitrogens with two attached hydrogens (primary N) is 1. The zero-order valence-electron chi connectivity index (χ0n) is 13.3. The largest absolute Gasteiger partial charge is 0.383 e. The molecule has 24 heavy (non-hydrogen) atoms. The van der Waals surface area contributed by atoms with Crippen LogP contribution in [0.2, 0.25) is 0 Å². The summed E-state index contributed by atoms with van der Waals surface area (Å²) < 4.78 is 16.2. The lowest BCUT2D eigenvalue weighted by Crippen LogP contribution is -1.98. The summed E-state index contributed by atoms with van der Waals surface area (Å²) in [4.78, 5) is 8.38. The molecule has 3 N–H and O–H groups in total. The maximum Gasteiger partial charge on any atom is 0.164 e. The van der Waals surface area contributed by atoms with Crippen LogP contribution in [-0.4, -0.2) is 19.7 Å². The van der Waals surface area contributed by atoms with Crippen LogP contribution < -0.4 is 11.1 Å². The number of benzene rings is 1. The molecule has 3 aromatic rings. The van der Waals surface area contributed by atoms with Crippen LogP contribution in [0.3, 0.4) is 0 Å². The van der Waals surface area contributed by atoms with Gasteiger partial charge in [0.05, 0.1) is 17.1 Å². The van der Waals surface area contributed by atoms with Crippen LogP contribution >= 0.6 is 0 Å². The molecule has 1 aliphatic rings. The summed E-state index contributed by atoms with van der Waals surface area (Å²) in [5.74, 6) is -0.0218. The molecule has 0 spiro atoms. The van der Waals surface area contributed by atoms with E-state index in [0.717, 1.165) is 12.8 Å². The van der Waals surface area contributed by atoms with E-state index in [-0.39, 0.29) is 5.82 Å². The third kappa shape index (κ3) is 2.38. The number of hydrogen-bond donors (Lipinski definition) is 2. The van der Waals surface area contributed by atoms with Crippen molar-refractivity contribution in [3.63, 3.8) is 0 Å². The summed E-state index contributed by atoms with van der Waals surface area (Å²) in [6.45, 7) is 5.50. The van der Waals surface area contributed by atoms with E-state index in [1.54, 1.807) is 19.1 Å². The minimum absolute atomic E-state index is 0.338. The molecular weight excluding hydrogens is 307 g/mol. The number of nitrogen functional groups attached to an aromatic ring is 1. The molecule has 1 fully saturated rings. The van der Waals surface area contributed by atoms with E-state index in [2.05, 4.69) is 27.0 Å². The van der Waals surface area contributed by atoms with Gasteiger partial charge in [-0.25, -0.2) is 19.0 Å². The molecule has 4 rings (SSSR count). The van der Waals surface area contributed by atoms with Crippen LogP contribution in [0.5, 0.6) is 0 Å². The molecule has 2 aromatic heterocycles. The SMILES string of the molecule is C=C(C)Nc1ccc(-c2nn(C3CC3)c3ncnc(N)c23)cc1F. The van der Waals surface area contributed by atoms with Crippen molar-refractivity contribution in [2.24, 2.45) is 0 Å². The Bertz CT molecular complexity index is 957. The fourth-order valence-electron chi connectivity index (χ4n) is 2.76. The Balaban J connectivity index is 1.87. The van der Waals surface area contributed by atoms with Gasteiger partial charge in [0.15, 0.2) is 5.65 Å². The Hall–Kier alpha value is -2.96. The van der Waals surface area contributed by atoms with Crippen molar-refractivity contribution in [1.82, 2.24) is 19.7 Å². The molecule has 0 radical (unpaired) electrons. The average molecular weight is 324 g/mol. The summed E-state index contributed by atoms with van der Waals surface area (Å²) in [7, 11) is 0. The van der Waals surface area contributed by atoms with Crippen LogP contribution in [0.1, 0.15) is 25.8 Å². The molecule has 0 saturated heterocycles. The van der Waals surface area contributed by atoms with Crippen LogP contribution in [-0.2, 0) is 0 Å². The smallest absolute Gasteiger partial charge is 0.164 e. The van der Waals surface area contributed by atoms with Crippen LogP contribution in [0.15, 0.2) is 36.8 Å². The number of rotatable bonds is 4. The second-order valence-electron chi connectivity index (χ2n) is 6.08. The maximum absolute atomic E-state index is 14.4. The number of allylic oxidation sites excluding steroid dienone is 1. The Morgan fingerprint density at radius 1 is 1.38 bits per heavy atom. The number of fused-ring (bicyclic) bond motifs is 1. The minimum atomic E-state index is -0.375. The van der Waals surface area contributed by atoms with Gasteiger partial charge in [-0.3, -0.25) is 0 Å². The van der Waals surface area contributed by atoms with Gasteiger partial charge in [-0.1, -0.05) is 12.6 Å². The third-order valence-electron chi connectivity index (χ3n) is 4.00. The van der Waals surface area contributed by atoms with Crippen molar-refractivity contribution in [1.29, 1.82) is 0 Å². The van der Waals surface area contributed by atoms with Crippen molar-refractivity contribution in [2.75, 3.05) is 11.1 Å². The molecule has 0 atom stereocenters. The molecule has 1 saturated carbocycles. The zero-order chi connectivity index (χ0) is 16.8. The van der Waals surface area contributed by atoms with Gasteiger partial charge in [-0.15, -0.1) is 0 Å². The maximum atomic E-state index is 14.4. The van der Waals surface area contributed by atoms with Gasteiger partial charge in [-0.05, 0) is 31.9 Å². The number of hydrogen-bond acceptors (Lipinski definition) is 5. The first-order chi connectivity index (χ1) is 11.5. The fraction of sp³-hybridized carbons (Fsp3) is 0.235. The van der Waals surface area contributed by atoms with Gasteiger partial charge < -0.3 is 11.1 Å². The van der Waals surface area contributed by atoms with Gasteiger partial charge in [0.25, 0.3) is 0 Å². The number of aromatic nitrogens is 4. The Labute approximate surface area is 138 Å². The minimum Gasteiger partial charge on any atom is -0.383 e. The summed E-state index contributed by atoms with van der Waals surface area (Å²) in [6.07, 6.45) is 3.56. The van der Waals surface area contributed by atoms with E-state index in [9.17, 15) is 4.39 Å². The predicted molar refractivity (Wildman–Crippen MR) is 91.8 cm³/mol. The van der Waals surface area contributed by atoms with Crippen molar-refractivity contribution < 1.29 is 4.39 Å². The van der Waals surface area contributed by atoms with Crippen LogP contribution in [0, 0.1) is 5.82 Å². The molecule has 6 nitrogen and oxygen atoms in total. The highest BCUT2D eigenvalue weighted by molar-refractivity contribution is 5.98. The van der Waals surface area contributed by atoms with E-state index in [0.29, 0.717) is 45.5 Å². The number of nitrogens with zero attached hydrogens (tertiary/aromatic N) is 4. The average Bonchev–Trinajstić information content (AvgIpc) is 3.30. The standard InChI is InChI=1S/C17H17FN6/c1-9(2)22-13-6-3-10(7-12(13)18)15-14-16(19)20-8-21-17(14)24(23-15)11-4-5-11/h3,6-8,11,22H,1,4-5H2,2H3,(H2,19,20,21). The molecule has 7 heteroatoms. The number of nitrogens with one attached hydrogen (secondary N) is 1. The molecule has 1 aliphatic carbocycles. The van der Waals surface area contributed by atoms with Gasteiger partial charge >= 0.3 is 0 Å². The predicted octanol–water partition coefficient (Wildman–Crippen LogP) is 3.50. The highest BCUT2D eigenvalue weighted by Gasteiger charge is 2.29. The lowest BCUT2D eigenvalue weighted by molar-refractivity contribution is 0.631. The molecule has 0 bridgehead atoms. The van der Waals surface area contributed by atoms with Crippen molar-refractivity contribution in [3.8, 4) is 11.3 Å². The Kier molecular flexibility index (Phi) is 3.23. The molecule has 0 amide bonds. The fourth-order valence-corrected chi connectivity index (χ4v) is 2.76. The first-order valence-electron chi connectivity index (χ1n) is 7.75. The topological polar surface area (TPSA) is 81.7 Å². The summed E-state index contributed by atoms with van der Waals surface area (Å²) in [5, 5.41) is 8.20. The highest BCUT2D eigenvalue weighted by Crippen LogP contribution is 2.40. The first-order valence-corrected chi connectivity index (χ1v) is 7.75. The van der Waals surface area contributed by atoms with Crippen LogP contribution in [0.25, 0.3) is 22.3 Å². The highest BCUT2D eigenvalue weighted by atomic mass is 19.1. The van der Waals surface area contributed by atoms with Crippen molar-refractivity contribution in [2.45, 2.75) is 25.8 Å². The summed E-state index contributed by atoms with van der Waals surface area (Å²) in [5.41, 5.74) is 9.04. The Morgan fingerprint density at radius 3 is 2.83 bits per heavy atom. The normalized spacial score (nSPS) is 14.1. The molecular formula is C17H17FN6. The second-order valence-corrected chi connectivity index (χ2v) is 6.08. The molecule has 122 valence electrons. The summed E-state index contributed by atoms with van der Waals surface area (Å²) in [6, 6.07) is 5.25. The van der Waals surface area contributed by atoms with E-state index in [1.807, 2.05) is 4.68 Å². The second kappa shape index (κ2) is 5.30.